The third-order valence-corrected chi connectivity index (χ3v) is 1.09. The van der Waals surface area contributed by atoms with Gasteiger partial charge in [0.2, 0.25) is 5.75 Å². The second kappa shape index (κ2) is 2.41. The molecule has 0 aliphatic rings. The molecule has 1 N–H and O–H groups in total. The molecule has 0 aliphatic carbocycles. The molecule has 1 rings (SSSR count). The second-order valence-corrected chi connectivity index (χ2v) is 1.83. The Morgan fingerprint density at radius 2 is 2.27 bits per heavy atom. The molecular formula is C5H4N2O4. The van der Waals surface area contributed by atoms with Crippen LogP contribution in [0.3, 0.4) is 0 Å². The van der Waals surface area contributed by atoms with Gasteiger partial charge < -0.3 is 10.3 Å². The van der Waals surface area contributed by atoms with Crippen LogP contribution in [0.25, 0.3) is 0 Å². The molecule has 0 saturated carbocycles. The number of aromatic hydroxyl groups is 1. The number of hydrogen-bond acceptors (Lipinski definition) is 4. The summed E-state index contributed by atoms with van der Waals surface area (Å²) >= 11 is 0. The number of nitrogens with zero attached hydrogens (tertiary/aromatic N) is 2. The van der Waals surface area contributed by atoms with Gasteiger partial charge in [-0.15, -0.1) is 0 Å². The average Bonchev–Trinajstić information content (AvgIpc) is 1.94. The fourth-order valence-electron chi connectivity index (χ4n) is 0.600. The molecule has 0 spiro atoms. The van der Waals surface area contributed by atoms with Crippen molar-refractivity contribution >= 4 is 5.69 Å². The molecule has 0 atom stereocenters. The van der Waals surface area contributed by atoms with E-state index in [1.54, 1.807) is 0 Å². The van der Waals surface area contributed by atoms with Gasteiger partial charge in [-0.25, -0.2) is 0 Å². The molecule has 1 aromatic rings. The van der Waals surface area contributed by atoms with Crippen molar-refractivity contribution < 1.29 is 14.8 Å². The highest BCUT2D eigenvalue weighted by Gasteiger charge is 2.16. The zero-order valence-electron chi connectivity index (χ0n) is 5.30. The highest BCUT2D eigenvalue weighted by molar-refractivity contribution is 5.39. The van der Waals surface area contributed by atoms with Crippen molar-refractivity contribution in [3.8, 4) is 5.75 Å². The monoisotopic (exact) mass is 156 g/mol. The zero-order valence-corrected chi connectivity index (χ0v) is 5.30. The molecule has 58 valence electrons. The normalized spacial score (nSPS) is 9.45. The molecule has 6 heteroatoms. The first-order valence-electron chi connectivity index (χ1n) is 2.67. The van der Waals surface area contributed by atoms with E-state index in [0.29, 0.717) is 6.20 Å². The highest BCUT2D eigenvalue weighted by atomic mass is 16.6. The lowest BCUT2D eigenvalue weighted by atomic mass is 10.4. The summed E-state index contributed by atoms with van der Waals surface area (Å²) < 4.78 is 0.248. The summed E-state index contributed by atoms with van der Waals surface area (Å²) in [6.45, 7) is 0. The minimum Gasteiger partial charge on any atom is -0.619 e. The van der Waals surface area contributed by atoms with E-state index in [-0.39, 0.29) is 4.73 Å². The van der Waals surface area contributed by atoms with E-state index in [2.05, 4.69) is 0 Å². The topological polar surface area (TPSA) is 90.3 Å². The molecule has 0 bridgehead atoms. The third kappa shape index (κ3) is 1.34. The molecule has 0 saturated heterocycles. The first-order valence-corrected chi connectivity index (χ1v) is 2.67. The minimum absolute atomic E-state index is 0.248. The fraction of sp³-hybridized carbons (Fsp3) is 0. The largest absolute Gasteiger partial charge is 0.619 e. The molecule has 0 aliphatic heterocycles. The van der Waals surface area contributed by atoms with Gasteiger partial charge in [0.05, 0.1) is 11.0 Å². The minimum atomic E-state index is -0.830. The third-order valence-electron chi connectivity index (χ3n) is 1.09. The van der Waals surface area contributed by atoms with Crippen molar-refractivity contribution in [2.75, 3.05) is 0 Å². The van der Waals surface area contributed by atoms with Crippen molar-refractivity contribution in [2.24, 2.45) is 0 Å². The summed E-state index contributed by atoms with van der Waals surface area (Å²) in [5, 5.41) is 29.3. The van der Waals surface area contributed by atoms with E-state index in [1.165, 1.54) is 0 Å². The van der Waals surface area contributed by atoms with Crippen LogP contribution in [0.4, 0.5) is 5.69 Å². The number of hydrogen-bond donors (Lipinski definition) is 1. The highest BCUT2D eigenvalue weighted by Crippen LogP contribution is 2.21. The molecule has 6 nitrogen and oxygen atoms in total. The van der Waals surface area contributed by atoms with Crippen LogP contribution in [0.2, 0.25) is 0 Å². The maximum absolute atomic E-state index is 10.4. The average molecular weight is 156 g/mol. The van der Waals surface area contributed by atoms with E-state index in [0.717, 1.165) is 12.3 Å². The van der Waals surface area contributed by atoms with E-state index in [4.69, 9.17) is 5.11 Å². The Morgan fingerprint density at radius 1 is 1.64 bits per heavy atom. The molecule has 0 unspecified atom stereocenters. The Bertz CT molecular complexity index is 299. The Labute approximate surface area is 61.1 Å². The molecular weight excluding hydrogens is 152 g/mol. The van der Waals surface area contributed by atoms with Crippen molar-refractivity contribution in [2.45, 2.75) is 0 Å². The van der Waals surface area contributed by atoms with Crippen LogP contribution in [0, 0.1) is 15.3 Å². The van der Waals surface area contributed by atoms with Gasteiger partial charge in [-0.2, -0.15) is 4.73 Å². The maximum Gasteiger partial charge on any atom is 0.374 e. The van der Waals surface area contributed by atoms with Crippen LogP contribution in [0.1, 0.15) is 0 Å². The van der Waals surface area contributed by atoms with Crippen molar-refractivity contribution in [3.63, 3.8) is 0 Å². The Morgan fingerprint density at radius 3 is 2.73 bits per heavy atom. The lowest BCUT2D eigenvalue weighted by Crippen LogP contribution is -2.24. The van der Waals surface area contributed by atoms with Crippen LogP contribution in [0.5, 0.6) is 5.75 Å². The lowest BCUT2D eigenvalue weighted by Gasteiger charge is -1.95. The number of nitro groups is 1. The summed E-state index contributed by atoms with van der Waals surface area (Å²) in [4.78, 5) is 9.24. The zero-order chi connectivity index (χ0) is 8.43. The Kier molecular flexibility index (Phi) is 1.59. The molecule has 0 amide bonds. The molecule has 1 aromatic heterocycles. The van der Waals surface area contributed by atoms with E-state index in [1.807, 2.05) is 0 Å². The molecule has 0 radical (unpaired) electrons. The van der Waals surface area contributed by atoms with Gasteiger partial charge in [0.25, 0.3) is 6.20 Å². The van der Waals surface area contributed by atoms with Crippen LogP contribution >= 0.6 is 0 Å². The standard InChI is InChI=1S/C5H4N2O4/c8-5-1-2-6(9)3-4(5)7(10)11/h1-3,8H. The van der Waals surface area contributed by atoms with Crippen LogP contribution in [0.15, 0.2) is 18.5 Å². The second-order valence-electron chi connectivity index (χ2n) is 1.83. The first kappa shape index (κ1) is 7.26. The summed E-state index contributed by atoms with van der Waals surface area (Å²) in [5.74, 6) is -0.512. The van der Waals surface area contributed by atoms with Gasteiger partial charge >= 0.3 is 5.69 Å². The van der Waals surface area contributed by atoms with Crippen molar-refractivity contribution in [3.05, 3.63) is 33.8 Å². The molecule has 11 heavy (non-hydrogen) atoms. The number of pyridine rings is 1. The van der Waals surface area contributed by atoms with Gasteiger partial charge in [-0.1, -0.05) is 0 Å². The Balaban J connectivity index is 3.23. The SMILES string of the molecule is O=[N+]([O-])c1c[n+]([O-])ccc1O. The van der Waals surface area contributed by atoms with Gasteiger partial charge in [-0.3, -0.25) is 10.1 Å². The van der Waals surface area contributed by atoms with Crippen LogP contribution in [-0.4, -0.2) is 10.0 Å². The summed E-state index contributed by atoms with van der Waals surface area (Å²) in [6, 6.07) is 0.963. The fourth-order valence-corrected chi connectivity index (χ4v) is 0.600. The smallest absolute Gasteiger partial charge is 0.374 e. The molecule has 0 fully saturated rings. The molecule has 0 aromatic carbocycles. The predicted octanol–water partition coefficient (Wildman–Crippen LogP) is -0.0662. The predicted molar refractivity (Wildman–Crippen MR) is 33.7 cm³/mol. The van der Waals surface area contributed by atoms with Gasteiger partial charge in [0, 0.05) is 0 Å². The van der Waals surface area contributed by atoms with Gasteiger partial charge in [0.15, 0.2) is 6.20 Å². The quantitative estimate of drug-likeness (QED) is 0.267. The van der Waals surface area contributed by atoms with Crippen molar-refractivity contribution in [1.29, 1.82) is 0 Å². The van der Waals surface area contributed by atoms with Crippen molar-refractivity contribution in [1.82, 2.24) is 0 Å². The Hall–Kier alpha value is -1.85. The van der Waals surface area contributed by atoms with Crippen LogP contribution < -0.4 is 4.73 Å². The molecule has 1 heterocycles. The number of rotatable bonds is 1. The van der Waals surface area contributed by atoms with Gasteiger partial charge in [-0.05, 0) is 0 Å². The lowest BCUT2D eigenvalue weighted by molar-refractivity contribution is -0.609. The summed E-state index contributed by atoms with van der Waals surface area (Å²) in [7, 11) is 0. The van der Waals surface area contributed by atoms with Crippen LogP contribution in [-0.2, 0) is 0 Å². The maximum atomic E-state index is 10.4. The number of aromatic nitrogens is 1. The van der Waals surface area contributed by atoms with E-state index < -0.39 is 16.4 Å². The van der Waals surface area contributed by atoms with E-state index >= 15 is 0 Å². The summed E-state index contributed by atoms with van der Waals surface area (Å²) in [5.41, 5.74) is -0.595. The summed E-state index contributed by atoms with van der Waals surface area (Å²) in [6.07, 6.45) is 1.66. The first-order chi connectivity index (χ1) is 5.11. The van der Waals surface area contributed by atoms with Gasteiger partial charge in [0.1, 0.15) is 0 Å². The van der Waals surface area contributed by atoms with E-state index in [9.17, 15) is 15.3 Å².